The number of alkyl halides is 3. The molecule has 26 heavy (non-hydrogen) atoms. The number of amides is 1. The third kappa shape index (κ3) is 4.50. The van der Waals surface area contributed by atoms with Gasteiger partial charge in [0.15, 0.2) is 0 Å². The molecule has 2 aromatic heterocycles. The normalized spacial score (nSPS) is 11.7. The van der Waals surface area contributed by atoms with Gasteiger partial charge in [-0.2, -0.15) is 13.2 Å². The molecule has 4 nitrogen and oxygen atoms in total. The second-order valence-corrected chi connectivity index (χ2v) is 7.02. The molecule has 1 N–H and O–H groups in total. The molecule has 0 saturated carbocycles. The van der Waals surface area contributed by atoms with Crippen molar-refractivity contribution in [3.8, 4) is 11.1 Å². The van der Waals surface area contributed by atoms with Crippen LogP contribution in [0.3, 0.4) is 0 Å². The summed E-state index contributed by atoms with van der Waals surface area (Å²) in [6, 6.07) is 5.91. The van der Waals surface area contributed by atoms with Crippen LogP contribution in [-0.2, 0) is 4.79 Å². The van der Waals surface area contributed by atoms with Crippen LogP contribution < -0.4 is 5.32 Å². The lowest BCUT2D eigenvalue weighted by molar-refractivity contribution is -0.136. The molecular formula is C16H11F4N3OS2. The molecule has 0 unspecified atom stereocenters. The van der Waals surface area contributed by atoms with Crippen molar-refractivity contribution in [1.82, 2.24) is 15.3 Å². The van der Waals surface area contributed by atoms with Crippen LogP contribution in [-0.4, -0.2) is 34.3 Å². The number of halogens is 4. The highest BCUT2D eigenvalue weighted by Crippen LogP contribution is 2.37. The largest absolute Gasteiger partial charge is 0.405 e. The number of fused-ring (bicyclic) bond motifs is 1. The van der Waals surface area contributed by atoms with Crippen LogP contribution in [0, 0.1) is 5.82 Å². The van der Waals surface area contributed by atoms with Crippen molar-refractivity contribution in [3.05, 3.63) is 41.8 Å². The Morgan fingerprint density at radius 2 is 1.92 bits per heavy atom. The first-order chi connectivity index (χ1) is 12.3. The molecule has 0 spiro atoms. The quantitative estimate of drug-likeness (QED) is 0.394. The molecule has 0 saturated heterocycles. The fraction of sp³-hybridized carbons (Fsp3) is 0.188. The summed E-state index contributed by atoms with van der Waals surface area (Å²) >= 11 is 2.39. The zero-order valence-electron chi connectivity index (χ0n) is 13.0. The zero-order valence-corrected chi connectivity index (χ0v) is 14.6. The van der Waals surface area contributed by atoms with Crippen molar-refractivity contribution < 1.29 is 22.4 Å². The molecule has 3 aromatic rings. The van der Waals surface area contributed by atoms with Gasteiger partial charge in [0.25, 0.3) is 0 Å². The fourth-order valence-electron chi connectivity index (χ4n) is 2.18. The van der Waals surface area contributed by atoms with Gasteiger partial charge >= 0.3 is 6.18 Å². The highest BCUT2D eigenvalue weighted by atomic mass is 32.2. The maximum Gasteiger partial charge on any atom is 0.405 e. The molecule has 0 aliphatic carbocycles. The fourth-order valence-corrected chi connectivity index (χ4v) is 4.01. The first kappa shape index (κ1) is 18.6. The second-order valence-electron chi connectivity index (χ2n) is 5.20. The van der Waals surface area contributed by atoms with Crippen LogP contribution in [0.15, 0.2) is 41.0 Å². The van der Waals surface area contributed by atoms with E-state index in [0.717, 1.165) is 22.9 Å². The number of thiophene rings is 1. The SMILES string of the molecule is O=C(CSc1ncnc2scc(-c3ccc(F)cc3)c12)NCC(F)(F)F. The molecular weight excluding hydrogens is 390 g/mol. The average Bonchev–Trinajstić information content (AvgIpc) is 3.03. The summed E-state index contributed by atoms with van der Waals surface area (Å²) < 4.78 is 49.6. The number of benzene rings is 1. The number of aromatic nitrogens is 2. The van der Waals surface area contributed by atoms with Gasteiger partial charge < -0.3 is 5.32 Å². The van der Waals surface area contributed by atoms with E-state index in [1.165, 1.54) is 29.8 Å². The maximum atomic E-state index is 13.1. The zero-order chi connectivity index (χ0) is 18.7. The van der Waals surface area contributed by atoms with Gasteiger partial charge in [-0.05, 0) is 17.7 Å². The minimum absolute atomic E-state index is 0.207. The van der Waals surface area contributed by atoms with Crippen LogP contribution in [0.5, 0.6) is 0 Å². The van der Waals surface area contributed by atoms with Crippen LogP contribution in [0.4, 0.5) is 17.6 Å². The van der Waals surface area contributed by atoms with E-state index in [9.17, 15) is 22.4 Å². The number of carbonyl (C=O) groups excluding carboxylic acids is 1. The average molecular weight is 401 g/mol. The molecule has 0 atom stereocenters. The summed E-state index contributed by atoms with van der Waals surface area (Å²) in [7, 11) is 0. The maximum absolute atomic E-state index is 13.1. The molecule has 0 bridgehead atoms. The van der Waals surface area contributed by atoms with E-state index in [1.807, 2.05) is 10.7 Å². The van der Waals surface area contributed by atoms with E-state index < -0.39 is 18.6 Å². The molecule has 3 rings (SSSR count). The number of hydrogen-bond donors (Lipinski definition) is 1. The van der Waals surface area contributed by atoms with E-state index >= 15 is 0 Å². The van der Waals surface area contributed by atoms with Crippen molar-refractivity contribution in [2.75, 3.05) is 12.3 Å². The van der Waals surface area contributed by atoms with E-state index in [-0.39, 0.29) is 11.6 Å². The lowest BCUT2D eigenvalue weighted by atomic mass is 10.1. The Morgan fingerprint density at radius 1 is 1.19 bits per heavy atom. The van der Waals surface area contributed by atoms with Crippen LogP contribution in [0.25, 0.3) is 21.3 Å². The number of carbonyl (C=O) groups is 1. The minimum atomic E-state index is -4.45. The topological polar surface area (TPSA) is 54.9 Å². The number of nitrogens with zero attached hydrogens (tertiary/aromatic N) is 2. The minimum Gasteiger partial charge on any atom is -0.346 e. The van der Waals surface area contributed by atoms with Gasteiger partial charge in [0.05, 0.1) is 11.1 Å². The van der Waals surface area contributed by atoms with Crippen molar-refractivity contribution in [2.45, 2.75) is 11.2 Å². The van der Waals surface area contributed by atoms with E-state index in [0.29, 0.717) is 15.2 Å². The number of thioether (sulfide) groups is 1. The summed E-state index contributed by atoms with van der Waals surface area (Å²) in [4.78, 5) is 20.6. The van der Waals surface area contributed by atoms with Gasteiger partial charge in [-0.1, -0.05) is 23.9 Å². The standard InChI is InChI=1S/C16H11F4N3OS2/c17-10-3-1-9(2-4-10)11-5-25-14-13(11)15(23-8-22-14)26-6-12(24)21-7-16(18,19)20/h1-5,8H,6-7H2,(H,21,24). The van der Waals surface area contributed by atoms with Crippen LogP contribution in [0.2, 0.25) is 0 Å². The molecule has 10 heteroatoms. The second kappa shape index (κ2) is 7.58. The van der Waals surface area contributed by atoms with Crippen molar-refractivity contribution in [2.24, 2.45) is 0 Å². The van der Waals surface area contributed by atoms with Gasteiger partial charge in [-0.3, -0.25) is 4.79 Å². The van der Waals surface area contributed by atoms with Gasteiger partial charge in [-0.25, -0.2) is 14.4 Å². The molecule has 2 heterocycles. The summed E-state index contributed by atoms with van der Waals surface area (Å²) in [5.74, 6) is -1.31. The molecule has 0 aliphatic rings. The first-order valence-corrected chi connectivity index (χ1v) is 9.14. The highest BCUT2D eigenvalue weighted by molar-refractivity contribution is 8.00. The Labute approximate surface area is 153 Å². The Balaban J connectivity index is 1.82. The predicted molar refractivity (Wildman–Crippen MR) is 92.6 cm³/mol. The van der Waals surface area contributed by atoms with Crippen LogP contribution >= 0.6 is 23.1 Å². The lowest BCUT2D eigenvalue weighted by Crippen LogP contribution is -2.34. The lowest BCUT2D eigenvalue weighted by Gasteiger charge is -2.08. The Hall–Kier alpha value is -2.20. The monoisotopic (exact) mass is 401 g/mol. The number of hydrogen-bond acceptors (Lipinski definition) is 5. The molecule has 0 aliphatic heterocycles. The third-order valence-electron chi connectivity index (χ3n) is 3.32. The van der Waals surface area contributed by atoms with Gasteiger partial charge in [0.2, 0.25) is 5.91 Å². The van der Waals surface area contributed by atoms with Crippen molar-refractivity contribution >= 4 is 39.2 Å². The number of nitrogens with one attached hydrogen (secondary N) is 1. The molecule has 136 valence electrons. The molecule has 0 fully saturated rings. The predicted octanol–water partition coefficient (Wildman–Crippen LogP) is 4.27. The van der Waals surface area contributed by atoms with Crippen molar-refractivity contribution in [3.63, 3.8) is 0 Å². The van der Waals surface area contributed by atoms with Gasteiger partial charge in [0, 0.05) is 10.9 Å². The van der Waals surface area contributed by atoms with Crippen molar-refractivity contribution in [1.29, 1.82) is 0 Å². The van der Waals surface area contributed by atoms with Gasteiger partial charge in [0.1, 0.15) is 28.5 Å². The summed E-state index contributed by atoms with van der Waals surface area (Å²) in [6.45, 7) is -1.37. The van der Waals surface area contributed by atoms with E-state index in [2.05, 4.69) is 9.97 Å². The van der Waals surface area contributed by atoms with Crippen LogP contribution in [0.1, 0.15) is 0 Å². The Morgan fingerprint density at radius 3 is 2.62 bits per heavy atom. The Bertz CT molecular complexity index is 925. The Kier molecular flexibility index (Phi) is 5.42. The molecule has 0 radical (unpaired) electrons. The summed E-state index contributed by atoms with van der Waals surface area (Å²) in [6.07, 6.45) is -3.12. The number of rotatable bonds is 5. The molecule has 1 amide bonds. The van der Waals surface area contributed by atoms with Gasteiger partial charge in [-0.15, -0.1) is 11.3 Å². The van der Waals surface area contributed by atoms with E-state index in [4.69, 9.17) is 0 Å². The first-order valence-electron chi connectivity index (χ1n) is 7.28. The summed E-state index contributed by atoms with van der Waals surface area (Å²) in [5.41, 5.74) is 1.54. The smallest absolute Gasteiger partial charge is 0.346 e. The van der Waals surface area contributed by atoms with E-state index in [1.54, 1.807) is 12.1 Å². The third-order valence-corrected chi connectivity index (χ3v) is 5.19. The molecule has 1 aromatic carbocycles. The highest BCUT2D eigenvalue weighted by Gasteiger charge is 2.27. The summed E-state index contributed by atoms with van der Waals surface area (Å²) in [5, 5.41) is 4.84.